The molecule has 0 bridgehead atoms. The van der Waals surface area contributed by atoms with Crippen LogP contribution in [0.3, 0.4) is 0 Å². The van der Waals surface area contributed by atoms with E-state index in [1.165, 1.54) is 6.20 Å². The Balaban J connectivity index is 2.74. The highest BCUT2D eigenvalue weighted by Crippen LogP contribution is 2.18. The first-order valence-corrected chi connectivity index (χ1v) is 5.78. The van der Waals surface area contributed by atoms with Crippen LogP contribution in [0.2, 0.25) is 5.02 Å². The van der Waals surface area contributed by atoms with E-state index in [9.17, 15) is 9.90 Å². The van der Waals surface area contributed by atoms with Crippen molar-refractivity contribution in [2.24, 2.45) is 0 Å². The van der Waals surface area contributed by atoms with Gasteiger partial charge in [-0.25, -0.2) is 4.98 Å². The maximum atomic E-state index is 11.6. The highest BCUT2D eigenvalue weighted by Gasteiger charge is 2.17. The molecule has 0 atom stereocenters. The van der Waals surface area contributed by atoms with E-state index >= 15 is 0 Å². The number of nitrogens with one attached hydrogen (secondary N) is 1. The summed E-state index contributed by atoms with van der Waals surface area (Å²) in [5.74, 6) is -0.403. The SMILES string of the molecule is CC(C)(O)CNC(=O)c1ncc(Br)cc1Cl. The van der Waals surface area contributed by atoms with Gasteiger partial charge in [0, 0.05) is 17.2 Å². The van der Waals surface area contributed by atoms with Gasteiger partial charge in [-0.1, -0.05) is 11.6 Å². The summed E-state index contributed by atoms with van der Waals surface area (Å²) in [5.41, 5.74) is -0.813. The van der Waals surface area contributed by atoms with Gasteiger partial charge >= 0.3 is 0 Å². The third-order valence-electron chi connectivity index (χ3n) is 1.70. The molecule has 16 heavy (non-hydrogen) atoms. The van der Waals surface area contributed by atoms with Gasteiger partial charge < -0.3 is 10.4 Å². The summed E-state index contributed by atoms with van der Waals surface area (Å²) in [7, 11) is 0. The van der Waals surface area contributed by atoms with Crippen LogP contribution in [0.1, 0.15) is 24.3 Å². The topological polar surface area (TPSA) is 62.2 Å². The van der Waals surface area contributed by atoms with Crippen LogP contribution in [0.4, 0.5) is 0 Å². The third kappa shape index (κ3) is 4.08. The summed E-state index contributed by atoms with van der Waals surface area (Å²) in [6.07, 6.45) is 1.49. The minimum atomic E-state index is -0.961. The van der Waals surface area contributed by atoms with Crippen molar-refractivity contribution in [2.75, 3.05) is 6.54 Å². The van der Waals surface area contributed by atoms with Crippen LogP contribution >= 0.6 is 27.5 Å². The average molecular weight is 308 g/mol. The number of rotatable bonds is 3. The van der Waals surface area contributed by atoms with Crippen molar-refractivity contribution in [1.82, 2.24) is 10.3 Å². The first-order valence-electron chi connectivity index (χ1n) is 4.61. The Morgan fingerprint density at radius 2 is 2.31 bits per heavy atom. The first kappa shape index (κ1) is 13.4. The second-order valence-corrected chi connectivity index (χ2v) is 5.30. The van der Waals surface area contributed by atoms with E-state index in [0.717, 1.165) is 0 Å². The van der Waals surface area contributed by atoms with E-state index in [1.807, 2.05) is 0 Å². The Labute approximate surface area is 107 Å². The number of aromatic nitrogens is 1. The van der Waals surface area contributed by atoms with Crippen LogP contribution in [0.25, 0.3) is 0 Å². The molecule has 4 nitrogen and oxygen atoms in total. The normalized spacial score (nSPS) is 11.3. The smallest absolute Gasteiger partial charge is 0.271 e. The molecule has 0 unspecified atom stereocenters. The lowest BCUT2D eigenvalue weighted by atomic mass is 10.1. The third-order valence-corrected chi connectivity index (χ3v) is 2.43. The van der Waals surface area contributed by atoms with Gasteiger partial charge in [-0.2, -0.15) is 0 Å². The summed E-state index contributed by atoms with van der Waals surface area (Å²) >= 11 is 9.06. The maximum absolute atomic E-state index is 11.6. The van der Waals surface area contributed by atoms with Gasteiger partial charge in [-0.15, -0.1) is 0 Å². The van der Waals surface area contributed by atoms with Crippen molar-refractivity contribution in [3.63, 3.8) is 0 Å². The van der Waals surface area contributed by atoms with E-state index in [0.29, 0.717) is 4.47 Å². The number of carbonyl (C=O) groups is 1. The molecule has 6 heteroatoms. The highest BCUT2D eigenvalue weighted by atomic mass is 79.9. The monoisotopic (exact) mass is 306 g/mol. The molecule has 0 spiro atoms. The summed E-state index contributed by atoms with van der Waals surface area (Å²) in [5, 5.41) is 12.3. The zero-order chi connectivity index (χ0) is 12.3. The molecule has 1 rings (SSSR count). The lowest BCUT2D eigenvalue weighted by molar-refractivity contribution is 0.0692. The minimum absolute atomic E-state index is 0.139. The molecule has 0 aromatic carbocycles. The summed E-state index contributed by atoms with van der Waals surface area (Å²) in [6.45, 7) is 3.34. The van der Waals surface area contributed by atoms with E-state index in [1.54, 1.807) is 19.9 Å². The molecule has 1 aromatic rings. The Morgan fingerprint density at radius 1 is 1.69 bits per heavy atom. The largest absolute Gasteiger partial charge is 0.389 e. The van der Waals surface area contributed by atoms with Gasteiger partial charge in [-0.3, -0.25) is 4.79 Å². The molecule has 0 radical (unpaired) electrons. The van der Waals surface area contributed by atoms with Gasteiger partial charge in [0.1, 0.15) is 5.69 Å². The van der Waals surface area contributed by atoms with Crippen LogP contribution in [0.5, 0.6) is 0 Å². The van der Waals surface area contributed by atoms with Crippen LogP contribution in [-0.2, 0) is 0 Å². The van der Waals surface area contributed by atoms with Gasteiger partial charge in [-0.05, 0) is 35.8 Å². The Kier molecular flexibility index (Phi) is 4.29. The lowest BCUT2D eigenvalue weighted by Crippen LogP contribution is -2.38. The second-order valence-electron chi connectivity index (χ2n) is 3.98. The van der Waals surface area contributed by atoms with Crippen molar-refractivity contribution in [3.8, 4) is 0 Å². The molecule has 0 aliphatic carbocycles. The Morgan fingerprint density at radius 3 is 2.81 bits per heavy atom. The molecular weight excluding hydrogens is 295 g/mol. The summed E-state index contributed by atoms with van der Waals surface area (Å²) < 4.78 is 0.705. The standard InChI is InChI=1S/C10H12BrClN2O2/c1-10(2,16)5-14-9(15)8-7(12)3-6(11)4-13-8/h3-4,16H,5H2,1-2H3,(H,14,15). The van der Waals surface area contributed by atoms with E-state index in [4.69, 9.17) is 11.6 Å². The fourth-order valence-electron chi connectivity index (χ4n) is 0.962. The fraction of sp³-hybridized carbons (Fsp3) is 0.400. The van der Waals surface area contributed by atoms with E-state index in [2.05, 4.69) is 26.2 Å². The van der Waals surface area contributed by atoms with E-state index < -0.39 is 11.5 Å². The lowest BCUT2D eigenvalue weighted by Gasteiger charge is -2.17. The minimum Gasteiger partial charge on any atom is -0.389 e. The van der Waals surface area contributed by atoms with Crippen molar-refractivity contribution >= 4 is 33.4 Å². The molecule has 2 N–H and O–H groups in total. The Hall–Kier alpha value is -0.650. The predicted molar refractivity (Wildman–Crippen MR) is 65.6 cm³/mol. The number of hydrogen-bond acceptors (Lipinski definition) is 3. The van der Waals surface area contributed by atoms with Gasteiger partial charge in [0.2, 0.25) is 0 Å². The molecule has 0 saturated heterocycles. The van der Waals surface area contributed by atoms with Crippen molar-refractivity contribution in [3.05, 3.63) is 27.5 Å². The zero-order valence-corrected chi connectivity index (χ0v) is 11.3. The molecule has 0 fully saturated rings. The van der Waals surface area contributed by atoms with Gasteiger partial charge in [0.25, 0.3) is 5.91 Å². The molecule has 0 aliphatic rings. The summed E-state index contributed by atoms with van der Waals surface area (Å²) in [6, 6.07) is 1.59. The molecule has 1 heterocycles. The second kappa shape index (κ2) is 5.12. The molecule has 0 aliphatic heterocycles. The van der Waals surface area contributed by atoms with Crippen molar-refractivity contribution < 1.29 is 9.90 Å². The first-order chi connectivity index (χ1) is 7.29. The number of amides is 1. The van der Waals surface area contributed by atoms with Gasteiger partial charge in [0.15, 0.2) is 0 Å². The Bertz CT molecular complexity index is 404. The van der Waals surface area contributed by atoms with Crippen molar-refractivity contribution in [1.29, 1.82) is 0 Å². The molecule has 0 saturated carbocycles. The van der Waals surface area contributed by atoms with Crippen LogP contribution in [0, 0.1) is 0 Å². The van der Waals surface area contributed by atoms with Crippen LogP contribution < -0.4 is 5.32 Å². The fourth-order valence-corrected chi connectivity index (χ4v) is 1.68. The molecule has 1 amide bonds. The summed E-state index contributed by atoms with van der Waals surface area (Å²) in [4.78, 5) is 15.5. The number of aliphatic hydroxyl groups is 1. The number of hydrogen-bond donors (Lipinski definition) is 2. The zero-order valence-electron chi connectivity index (χ0n) is 8.92. The highest BCUT2D eigenvalue weighted by molar-refractivity contribution is 9.10. The van der Waals surface area contributed by atoms with Crippen LogP contribution in [-0.4, -0.2) is 28.1 Å². The number of halogens is 2. The quantitative estimate of drug-likeness (QED) is 0.898. The maximum Gasteiger partial charge on any atom is 0.271 e. The van der Waals surface area contributed by atoms with Gasteiger partial charge in [0.05, 0.1) is 10.6 Å². The number of carbonyl (C=O) groups excluding carboxylic acids is 1. The van der Waals surface area contributed by atoms with Crippen LogP contribution in [0.15, 0.2) is 16.7 Å². The molecule has 88 valence electrons. The number of pyridine rings is 1. The number of nitrogens with zero attached hydrogens (tertiary/aromatic N) is 1. The predicted octanol–water partition coefficient (Wildman–Crippen LogP) is 2.00. The average Bonchev–Trinajstić information content (AvgIpc) is 2.13. The molecule has 1 aromatic heterocycles. The molecular formula is C10H12BrClN2O2. The van der Waals surface area contributed by atoms with E-state index in [-0.39, 0.29) is 17.3 Å². The van der Waals surface area contributed by atoms with Crippen molar-refractivity contribution in [2.45, 2.75) is 19.4 Å².